The highest BCUT2D eigenvalue weighted by atomic mass is 35.5. The summed E-state index contributed by atoms with van der Waals surface area (Å²) in [5.41, 5.74) is -0.497. The molecule has 0 heterocycles. The molecule has 0 radical (unpaired) electrons. The summed E-state index contributed by atoms with van der Waals surface area (Å²) in [6, 6.07) is 14.5. The Bertz CT molecular complexity index is 1460. The van der Waals surface area contributed by atoms with Gasteiger partial charge in [0.05, 0.1) is 16.1 Å². The lowest BCUT2D eigenvalue weighted by molar-refractivity contribution is 0.209. The first-order chi connectivity index (χ1) is 19.1. The van der Waals surface area contributed by atoms with Gasteiger partial charge in [0.15, 0.2) is 0 Å². The van der Waals surface area contributed by atoms with Gasteiger partial charge in [0.25, 0.3) is 0 Å². The minimum Gasteiger partial charge on any atom is -0.328 e. The van der Waals surface area contributed by atoms with Gasteiger partial charge in [-0.15, -0.1) is 0 Å². The standard InChI is InChI=1S/C29H32ClF2N3O3S2/c1-3-35(4-2)40(37,38)23-13-15-27(39-22-11-8-20(30)9-12-22)26(19-23)33-28(36)34-29(16-6-5-7-17-29)24-14-10-21(31)18-25(24)32/h8-15,18-19H,3-7,16-17H2,1-2H3,(H2,33,34,36). The molecule has 1 fully saturated rings. The van der Waals surface area contributed by atoms with E-state index in [1.54, 1.807) is 32.0 Å². The van der Waals surface area contributed by atoms with Gasteiger partial charge in [-0.1, -0.05) is 62.5 Å². The number of sulfonamides is 1. The van der Waals surface area contributed by atoms with Crippen LogP contribution in [0.3, 0.4) is 0 Å². The van der Waals surface area contributed by atoms with Gasteiger partial charge in [-0.25, -0.2) is 22.0 Å². The van der Waals surface area contributed by atoms with Crippen LogP contribution < -0.4 is 10.6 Å². The molecule has 214 valence electrons. The number of hydrogen-bond acceptors (Lipinski definition) is 4. The molecule has 0 unspecified atom stereocenters. The van der Waals surface area contributed by atoms with Gasteiger partial charge in [-0.05, 0) is 61.4 Å². The van der Waals surface area contributed by atoms with Crippen LogP contribution in [0.15, 0.2) is 75.4 Å². The van der Waals surface area contributed by atoms with E-state index in [0.29, 0.717) is 35.8 Å². The maximum atomic E-state index is 14.9. The quantitative estimate of drug-likeness (QED) is 0.260. The van der Waals surface area contributed by atoms with E-state index < -0.39 is 33.2 Å². The second-order valence-corrected chi connectivity index (χ2v) is 13.1. The number of benzene rings is 3. The average Bonchev–Trinajstić information content (AvgIpc) is 2.91. The Hall–Kier alpha value is -2.66. The number of anilines is 1. The van der Waals surface area contributed by atoms with Crippen molar-refractivity contribution in [1.82, 2.24) is 9.62 Å². The molecule has 40 heavy (non-hydrogen) atoms. The van der Waals surface area contributed by atoms with Gasteiger partial charge in [0, 0.05) is 39.5 Å². The highest BCUT2D eigenvalue weighted by Crippen LogP contribution is 2.40. The first kappa shape index (κ1) is 30.3. The molecular weight excluding hydrogens is 576 g/mol. The van der Waals surface area contributed by atoms with Crippen LogP contribution in [0.4, 0.5) is 19.3 Å². The Labute approximate surface area is 243 Å². The molecule has 6 nitrogen and oxygen atoms in total. The fraction of sp³-hybridized carbons (Fsp3) is 0.345. The third-order valence-corrected chi connectivity index (χ3v) is 10.5. The zero-order chi connectivity index (χ0) is 28.9. The fourth-order valence-electron chi connectivity index (χ4n) is 5.06. The van der Waals surface area contributed by atoms with E-state index >= 15 is 0 Å². The number of hydrogen-bond donors (Lipinski definition) is 2. The van der Waals surface area contributed by atoms with Crippen molar-refractivity contribution in [3.63, 3.8) is 0 Å². The summed E-state index contributed by atoms with van der Waals surface area (Å²) in [7, 11) is -3.80. The first-order valence-corrected chi connectivity index (χ1v) is 15.8. The number of carbonyl (C=O) groups excluding carboxylic acids is 1. The van der Waals surface area contributed by atoms with E-state index in [1.807, 2.05) is 12.1 Å². The van der Waals surface area contributed by atoms with Crippen LogP contribution in [-0.4, -0.2) is 31.8 Å². The van der Waals surface area contributed by atoms with Crippen LogP contribution in [0, 0.1) is 11.6 Å². The molecule has 0 saturated heterocycles. The fourth-order valence-corrected chi connectivity index (χ4v) is 7.56. The molecule has 0 atom stereocenters. The predicted octanol–water partition coefficient (Wildman–Crippen LogP) is 7.78. The van der Waals surface area contributed by atoms with Gasteiger partial charge in [-0.2, -0.15) is 4.31 Å². The van der Waals surface area contributed by atoms with E-state index in [2.05, 4.69) is 10.6 Å². The molecule has 0 bridgehead atoms. The summed E-state index contributed by atoms with van der Waals surface area (Å²) >= 11 is 7.36. The first-order valence-electron chi connectivity index (χ1n) is 13.2. The summed E-state index contributed by atoms with van der Waals surface area (Å²) in [5.74, 6) is -1.40. The van der Waals surface area contributed by atoms with Crippen molar-refractivity contribution in [1.29, 1.82) is 0 Å². The second-order valence-electron chi connectivity index (χ2n) is 9.65. The minimum absolute atomic E-state index is 0.0453. The Morgan fingerprint density at radius 2 is 1.65 bits per heavy atom. The maximum Gasteiger partial charge on any atom is 0.319 e. The van der Waals surface area contributed by atoms with Crippen molar-refractivity contribution in [2.45, 2.75) is 66.2 Å². The van der Waals surface area contributed by atoms with Crippen LogP contribution in [-0.2, 0) is 15.6 Å². The number of nitrogens with one attached hydrogen (secondary N) is 2. The summed E-state index contributed by atoms with van der Waals surface area (Å²) in [6.45, 7) is 4.12. The van der Waals surface area contributed by atoms with Gasteiger partial charge in [-0.3, -0.25) is 0 Å². The Balaban J connectivity index is 1.69. The molecule has 0 spiro atoms. The number of halogens is 3. The monoisotopic (exact) mass is 607 g/mol. The number of nitrogens with zero attached hydrogens (tertiary/aromatic N) is 1. The molecule has 11 heteroatoms. The van der Waals surface area contributed by atoms with Crippen molar-refractivity contribution < 1.29 is 22.0 Å². The van der Waals surface area contributed by atoms with E-state index in [0.717, 1.165) is 30.2 Å². The highest BCUT2D eigenvalue weighted by molar-refractivity contribution is 7.99. The summed E-state index contributed by atoms with van der Waals surface area (Å²) < 4.78 is 56.5. The van der Waals surface area contributed by atoms with Crippen LogP contribution in [0.25, 0.3) is 0 Å². The lowest BCUT2D eigenvalue weighted by Gasteiger charge is -2.39. The van der Waals surface area contributed by atoms with Crippen molar-refractivity contribution in [2.75, 3.05) is 18.4 Å². The normalized spacial score (nSPS) is 15.2. The van der Waals surface area contributed by atoms with Gasteiger partial charge in [0.2, 0.25) is 10.0 Å². The van der Waals surface area contributed by atoms with Crippen LogP contribution in [0.1, 0.15) is 51.5 Å². The van der Waals surface area contributed by atoms with Crippen molar-refractivity contribution in [3.05, 3.63) is 82.9 Å². The molecule has 1 aliphatic rings. The molecule has 0 aromatic heterocycles. The van der Waals surface area contributed by atoms with E-state index in [1.165, 1.54) is 40.3 Å². The number of amides is 2. The molecule has 2 N–H and O–H groups in total. The lowest BCUT2D eigenvalue weighted by atomic mass is 9.76. The molecule has 1 saturated carbocycles. The maximum absolute atomic E-state index is 14.9. The number of carbonyl (C=O) groups is 1. The van der Waals surface area contributed by atoms with E-state index in [9.17, 15) is 22.0 Å². The smallest absolute Gasteiger partial charge is 0.319 e. The van der Waals surface area contributed by atoms with Gasteiger partial charge in [0.1, 0.15) is 11.6 Å². The largest absolute Gasteiger partial charge is 0.328 e. The van der Waals surface area contributed by atoms with Crippen LogP contribution >= 0.6 is 23.4 Å². The molecule has 1 aliphatic carbocycles. The molecule has 4 rings (SSSR count). The zero-order valence-electron chi connectivity index (χ0n) is 22.3. The summed E-state index contributed by atoms with van der Waals surface area (Å²) in [6.07, 6.45) is 3.47. The van der Waals surface area contributed by atoms with Crippen molar-refractivity contribution in [2.24, 2.45) is 0 Å². The molecule has 0 aliphatic heterocycles. The topological polar surface area (TPSA) is 78.5 Å². The third-order valence-electron chi connectivity index (χ3n) is 7.09. The van der Waals surface area contributed by atoms with Crippen LogP contribution in [0.2, 0.25) is 5.02 Å². The lowest BCUT2D eigenvalue weighted by Crippen LogP contribution is -2.49. The average molecular weight is 608 g/mol. The predicted molar refractivity (Wildman–Crippen MR) is 155 cm³/mol. The van der Waals surface area contributed by atoms with Crippen molar-refractivity contribution in [3.8, 4) is 0 Å². The summed E-state index contributed by atoms with van der Waals surface area (Å²) in [4.78, 5) is 15.0. The second kappa shape index (κ2) is 12.9. The minimum atomic E-state index is -3.80. The Kier molecular flexibility index (Phi) is 9.76. The Morgan fingerprint density at radius 3 is 2.27 bits per heavy atom. The zero-order valence-corrected chi connectivity index (χ0v) is 24.7. The van der Waals surface area contributed by atoms with E-state index in [4.69, 9.17) is 11.6 Å². The SMILES string of the molecule is CCN(CC)S(=O)(=O)c1ccc(Sc2ccc(Cl)cc2)c(NC(=O)NC2(c3ccc(F)cc3F)CCCCC2)c1. The van der Waals surface area contributed by atoms with E-state index in [-0.39, 0.29) is 16.1 Å². The molecule has 2 amide bonds. The third kappa shape index (κ3) is 6.79. The van der Waals surface area contributed by atoms with Gasteiger partial charge < -0.3 is 10.6 Å². The molecule has 3 aromatic rings. The highest BCUT2D eigenvalue weighted by Gasteiger charge is 2.38. The molecule has 3 aromatic carbocycles. The Morgan fingerprint density at radius 1 is 0.975 bits per heavy atom. The molecular formula is C29H32ClF2N3O3S2. The number of rotatable bonds is 9. The van der Waals surface area contributed by atoms with Gasteiger partial charge >= 0.3 is 6.03 Å². The summed E-state index contributed by atoms with van der Waals surface area (Å²) in [5, 5.41) is 6.36. The number of urea groups is 1. The van der Waals surface area contributed by atoms with Crippen molar-refractivity contribution >= 4 is 45.1 Å². The van der Waals surface area contributed by atoms with Crippen LogP contribution in [0.5, 0.6) is 0 Å².